The van der Waals surface area contributed by atoms with Gasteiger partial charge >= 0.3 is 0 Å². The van der Waals surface area contributed by atoms with Crippen LogP contribution in [0.4, 0.5) is 0 Å². The zero-order valence-electron chi connectivity index (χ0n) is 12.4. The van der Waals surface area contributed by atoms with Crippen LogP contribution in [0.25, 0.3) is 0 Å². The van der Waals surface area contributed by atoms with Gasteiger partial charge in [-0.2, -0.15) is 0 Å². The molecule has 0 aliphatic carbocycles. The van der Waals surface area contributed by atoms with Crippen LogP contribution in [-0.2, 0) is 11.3 Å². The van der Waals surface area contributed by atoms with Gasteiger partial charge in [0.2, 0.25) is 5.88 Å². The van der Waals surface area contributed by atoms with E-state index in [0.717, 1.165) is 25.1 Å². The quantitative estimate of drug-likeness (QED) is 0.907. The van der Waals surface area contributed by atoms with Crippen LogP contribution in [-0.4, -0.2) is 29.8 Å². The van der Waals surface area contributed by atoms with Crippen LogP contribution in [0.15, 0.2) is 12.1 Å². The van der Waals surface area contributed by atoms with E-state index in [2.05, 4.69) is 31.1 Å². The second-order valence-corrected chi connectivity index (χ2v) is 6.53. The smallest absolute Gasteiger partial charge is 0.213 e. The van der Waals surface area contributed by atoms with Crippen LogP contribution in [0.5, 0.6) is 5.88 Å². The molecule has 0 amide bonds. The monoisotopic (exact) mass is 298 g/mol. The van der Waals surface area contributed by atoms with E-state index < -0.39 is 0 Å². The van der Waals surface area contributed by atoms with Gasteiger partial charge in [0.25, 0.3) is 0 Å². The topological polar surface area (TPSA) is 43.4 Å². The molecule has 0 radical (unpaired) electrons. The molecule has 0 spiro atoms. The molecule has 1 saturated heterocycles. The second kappa shape index (κ2) is 6.74. The first-order chi connectivity index (χ1) is 9.44. The van der Waals surface area contributed by atoms with Crippen molar-refractivity contribution in [1.82, 2.24) is 10.3 Å². The van der Waals surface area contributed by atoms with Crippen molar-refractivity contribution in [2.45, 2.75) is 51.8 Å². The minimum atomic E-state index is 0.0273. The largest absolute Gasteiger partial charge is 0.475 e. The number of hydrogen-bond donors (Lipinski definition) is 1. The molecule has 2 rings (SSSR count). The summed E-state index contributed by atoms with van der Waals surface area (Å²) in [5.41, 5.74) is 0.839. The van der Waals surface area contributed by atoms with Gasteiger partial charge in [-0.15, -0.1) is 0 Å². The highest BCUT2D eigenvalue weighted by Crippen LogP contribution is 2.20. The molecule has 1 N–H and O–H groups in total. The third-order valence-corrected chi connectivity index (χ3v) is 3.46. The van der Waals surface area contributed by atoms with Crippen LogP contribution in [0, 0.1) is 0 Å². The Balaban J connectivity index is 1.93. The van der Waals surface area contributed by atoms with Gasteiger partial charge in [0.05, 0.1) is 16.8 Å². The first kappa shape index (κ1) is 15.5. The summed E-state index contributed by atoms with van der Waals surface area (Å²) in [6.45, 7) is 8.35. The molecule has 1 aromatic rings. The van der Waals surface area contributed by atoms with Gasteiger partial charge in [-0.25, -0.2) is 4.98 Å². The first-order valence-electron chi connectivity index (χ1n) is 7.09. The molecule has 1 aliphatic heterocycles. The fraction of sp³-hybridized carbons (Fsp3) is 0.667. The summed E-state index contributed by atoms with van der Waals surface area (Å²) in [5, 5.41) is 4.03. The van der Waals surface area contributed by atoms with Gasteiger partial charge in [-0.1, -0.05) is 11.6 Å². The van der Waals surface area contributed by atoms with Crippen molar-refractivity contribution in [3.8, 4) is 5.88 Å². The summed E-state index contributed by atoms with van der Waals surface area (Å²) in [6.07, 6.45) is 2.37. The number of ether oxygens (including phenoxy) is 2. The normalized spacial score (nSPS) is 19.3. The van der Waals surface area contributed by atoms with Gasteiger partial charge in [-0.3, -0.25) is 0 Å². The summed E-state index contributed by atoms with van der Waals surface area (Å²) >= 11 is 6.17. The molecule has 4 nitrogen and oxygen atoms in total. The Morgan fingerprint density at radius 3 is 2.90 bits per heavy atom. The Morgan fingerprint density at radius 1 is 1.45 bits per heavy atom. The van der Waals surface area contributed by atoms with Gasteiger partial charge in [0.1, 0.15) is 6.61 Å². The molecular formula is C15H23ClN2O2. The predicted octanol–water partition coefficient (Wildman–Crippen LogP) is 3.18. The Bertz CT molecular complexity index is 440. The minimum Gasteiger partial charge on any atom is -0.475 e. The van der Waals surface area contributed by atoms with Crippen molar-refractivity contribution in [2.75, 3.05) is 13.2 Å². The lowest BCUT2D eigenvalue weighted by Gasteiger charge is -2.20. The molecule has 1 fully saturated rings. The number of pyridine rings is 1. The molecule has 1 aliphatic rings. The average molecular weight is 299 g/mol. The predicted molar refractivity (Wildman–Crippen MR) is 80.3 cm³/mol. The maximum absolute atomic E-state index is 6.17. The van der Waals surface area contributed by atoms with E-state index in [0.29, 0.717) is 24.1 Å². The Morgan fingerprint density at radius 2 is 2.25 bits per heavy atom. The van der Waals surface area contributed by atoms with Crippen LogP contribution in [0.2, 0.25) is 5.02 Å². The highest BCUT2D eigenvalue weighted by atomic mass is 35.5. The minimum absolute atomic E-state index is 0.0273. The average Bonchev–Trinajstić information content (AvgIpc) is 2.88. The Hall–Kier alpha value is -0.840. The van der Waals surface area contributed by atoms with Crippen LogP contribution in [0.3, 0.4) is 0 Å². The Kier molecular flexibility index (Phi) is 5.24. The van der Waals surface area contributed by atoms with Crippen molar-refractivity contribution in [1.29, 1.82) is 0 Å². The van der Waals surface area contributed by atoms with Crippen molar-refractivity contribution < 1.29 is 9.47 Å². The summed E-state index contributed by atoms with van der Waals surface area (Å²) in [6, 6.07) is 3.64. The van der Waals surface area contributed by atoms with Gasteiger partial charge in [-0.05, 0) is 39.7 Å². The van der Waals surface area contributed by atoms with E-state index >= 15 is 0 Å². The van der Waals surface area contributed by atoms with E-state index in [1.165, 1.54) is 0 Å². The van der Waals surface area contributed by atoms with E-state index in [-0.39, 0.29) is 11.6 Å². The van der Waals surface area contributed by atoms with Crippen molar-refractivity contribution >= 4 is 11.6 Å². The molecule has 1 aromatic heterocycles. The van der Waals surface area contributed by atoms with Crippen molar-refractivity contribution in [3.05, 3.63) is 22.8 Å². The van der Waals surface area contributed by atoms with Crippen LogP contribution in [0.1, 0.15) is 39.3 Å². The lowest BCUT2D eigenvalue weighted by molar-refractivity contribution is 0.0662. The zero-order chi connectivity index (χ0) is 14.6. The number of aromatic nitrogens is 1. The molecule has 1 atom stereocenters. The fourth-order valence-electron chi connectivity index (χ4n) is 1.97. The van der Waals surface area contributed by atoms with Crippen molar-refractivity contribution in [3.63, 3.8) is 0 Å². The molecule has 20 heavy (non-hydrogen) atoms. The number of nitrogens with one attached hydrogen (secondary N) is 1. The maximum atomic E-state index is 6.17. The number of nitrogens with zero attached hydrogens (tertiary/aromatic N) is 1. The fourth-order valence-corrected chi connectivity index (χ4v) is 2.14. The van der Waals surface area contributed by atoms with Gasteiger partial charge in [0, 0.05) is 24.8 Å². The SMILES string of the molecule is CC(C)(C)NCc1nc(OCC2CCCO2)ccc1Cl. The van der Waals surface area contributed by atoms with Crippen LogP contribution >= 0.6 is 11.6 Å². The summed E-state index contributed by atoms with van der Waals surface area (Å²) < 4.78 is 11.2. The van der Waals surface area contributed by atoms with E-state index in [1.807, 2.05) is 6.07 Å². The first-order valence-corrected chi connectivity index (χ1v) is 7.47. The zero-order valence-corrected chi connectivity index (χ0v) is 13.2. The lowest BCUT2D eigenvalue weighted by Crippen LogP contribution is -2.35. The summed E-state index contributed by atoms with van der Waals surface area (Å²) in [5.74, 6) is 0.607. The molecule has 1 unspecified atom stereocenters. The summed E-state index contributed by atoms with van der Waals surface area (Å²) in [4.78, 5) is 4.46. The highest BCUT2D eigenvalue weighted by Gasteiger charge is 2.17. The third kappa shape index (κ3) is 4.93. The van der Waals surface area contributed by atoms with E-state index in [4.69, 9.17) is 21.1 Å². The molecular weight excluding hydrogens is 276 g/mol. The van der Waals surface area contributed by atoms with Gasteiger partial charge < -0.3 is 14.8 Å². The summed E-state index contributed by atoms with van der Waals surface area (Å²) in [7, 11) is 0. The number of hydrogen-bond acceptors (Lipinski definition) is 4. The molecule has 112 valence electrons. The number of halogens is 1. The molecule has 0 bridgehead atoms. The van der Waals surface area contributed by atoms with E-state index in [9.17, 15) is 0 Å². The number of rotatable bonds is 5. The molecule has 5 heteroatoms. The van der Waals surface area contributed by atoms with E-state index in [1.54, 1.807) is 6.07 Å². The highest BCUT2D eigenvalue weighted by molar-refractivity contribution is 6.31. The molecule has 0 saturated carbocycles. The second-order valence-electron chi connectivity index (χ2n) is 6.13. The third-order valence-electron chi connectivity index (χ3n) is 3.12. The van der Waals surface area contributed by atoms with Gasteiger partial charge in [0.15, 0.2) is 0 Å². The maximum Gasteiger partial charge on any atom is 0.213 e. The van der Waals surface area contributed by atoms with Crippen molar-refractivity contribution in [2.24, 2.45) is 0 Å². The molecule has 0 aromatic carbocycles. The lowest BCUT2D eigenvalue weighted by atomic mass is 10.1. The molecule has 2 heterocycles. The standard InChI is InChI=1S/C15H23ClN2O2/c1-15(2,3)17-9-13-12(16)6-7-14(18-13)20-10-11-5-4-8-19-11/h6-7,11,17H,4-5,8-10H2,1-3H3. The van der Waals surface area contributed by atoms with Crippen LogP contribution < -0.4 is 10.1 Å². The Labute approximate surface area is 125 Å².